The first-order valence-electron chi connectivity index (χ1n) is 7.33. The fraction of sp³-hybridized carbons (Fsp3) is 1.00. The van der Waals surface area contributed by atoms with Crippen molar-refractivity contribution in [1.82, 2.24) is 9.62 Å². The second-order valence-corrected chi connectivity index (χ2v) is 7.79. The van der Waals surface area contributed by atoms with Crippen molar-refractivity contribution in [3.05, 3.63) is 0 Å². The van der Waals surface area contributed by atoms with Gasteiger partial charge in [0.1, 0.15) is 0 Å². The highest BCUT2D eigenvalue weighted by Gasteiger charge is 2.30. The molecule has 0 aromatic carbocycles. The van der Waals surface area contributed by atoms with Crippen LogP contribution < -0.4 is 5.32 Å². The molecule has 4 nitrogen and oxygen atoms in total. The van der Waals surface area contributed by atoms with Gasteiger partial charge in [-0.05, 0) is 44.6 Å². The average Bonchev–Trinajstić information content (AvgIpc) is 3.03. The van der Waals surface area contributed by atoms with E-state index in [2.05, 4.69) is 12.2 Å². The zero-order valence-corrected chi connectivity index (χ0v) is 12.2. The van der Waals surface area contributed by atoms with Gasteiger partial charge in [0.15, 0.2) is 0 Å². The first-order chi connectivity index (χ1) is 8.62. The Bertz CT molecular complexity index is 352. The lowest BCUT2D eigenvalue weighted by atomic mass is 10.0. The van der Waals surface area contributed by atoms with Crippen LogP contribution in [-0.2, 0) is 10.0 Å². The summed E-state index contributed by atoms with van der Waals surface area (Å²) in [6.45, 7) is 4.51. The first-order valence-corrected chi connectivity index (χ1v) is 8.94. The quantitative estimate of drug-likeness (QED) is 0.684. The van der Waals surface area contributed by atoms with E-state index in [9.17, 15) is 8.42 Å². The molecule has 0 spiro atoms. The van der Waals surface area contributed by atoms with Gasteiger partial charge in [0.05, 0.1) is 5.75 Å². The summed E-state index contributed by atoms with van der Waals surface area (Å²) in [7, 11) is -3.00. The van der Waals surface area contributed by atoms with Gasteiger partial charge in [-0.2, -0.15) is 0 Å². The summed E-state index contributed by atoms with van der Waals surface area (Å²) in [4.78, 5) is 0. The Labute approximate surface area is 111 Å². The molecule has 2 fully saturated rings. The number of hydrogen-bond acceptors (Lipinski definition) is 3. The Morgan fingerprint density at radius 2 is 2.06 bits per heavy atom. The van der Waals surface area contributed by atoms with Crippen LogP contribution >= 0.6 is 0 Å². The number of nitrogens with zero attached hydrogens (tertiary/aromatic N) is 1. The van der Waals surface area contributed by atoms with Crippen molar-refractivity contribution in [2.45, 2.75) is 51.5 Å². The Morgan fingerprint density at radius 1 is 1.28 bits per heavy atom. The molecule has 0 bridgehead atoms. The molecule has 18 heavy (non-hydrogen) atoms. The van der Waals surface area contributed by atoms with Gasteiger partial charge in [-0.3, -0.25) is 0 Å². The molecule has 1 aliphatic heterocycles. The molecule has 1 saturated heterocycles. The highest BCUT2D eigenvalue weighted by atomic mass is 32.2. The molecular formula is C13H26N2O2S. The van der Waals surface area contributed by atoms with Crippen molar-refractivity contribution in [1.29, 1.82) is 0 Å². The van der Waals surface area contributed by atoms with Crippen LogP contribution in [-0.4, -0.2) is 44.2 Å². The van der Waals surface area contributed by atoms with E-state index in [4.69, 9.17) is 0 Å². The molecule has 0 aromatic rings. The standard InChI is InChI=1S/C13H26N2O2S/c1-2-4-12-7-9-15(11-12)18(16,17)10-3-8-14-13-5-6-13/h12-14H,2-11H2,1H3. The molecule has 1 N–H and O–H groups in total. The topological polar surface area (TPSA) is 49.4 Å². The van der Waals surface area contributed by atoms with Crippen molar-refractivity contribution in [2.75, 3.05) is 25.4 Å². The van der Waals surface area contributed by atoms with Crippen LogP contribution in [0.25, 0.3) is 0 Å². The lowest BCUT2D eigenvalue weighted by Crippen LogP contribution is -2.32. The van der Waals surface area contributed by atoms with E-state index in [-0.39, 0.29) is 0 Å². The van der Waals surface area contributed by atoms with Gasteiger partial charge in [-0.15, -0.1) is 0 Å². The smallest absolute Gasteiger partial charge is 0.214 e. The predicted molar refractivity (Wildman–Crippen MR) is 74.0 cm³/mol. The van der Waals surface area contributed by atoms with E-state index in [1.165, 1.54) is 12.8 Å². The maximum Gasteiger partial charge on any atom is 0.214 e. The second-order valence-electron chi connectivity index (χ2n) is 5.70. The number of hydrogen-bond donors (Lipinski definition) is 1. The van der Waals surface area contributed by atoms with Crippen molar-refractivity contribution < 1.29 is 8.42 Å². The minimum atomic E-state index is -3.00. The first kappa shape index (κ1) is 14.3. The number of rotatable bonds is 8. The minimum absolute atomic E-state index is 0.311. The van der Waals surface area contributed by atoms with Crippen LogP contribution in [0.4, 0.5) is 0 Å². The Balaban J connectivity index is 1.68. The Kier molecular flexibility index (Phi) is 5.04. The van der Waals surface area contributed by atoms with Gasteiger partial charge in [-0.1, -0.05) is 13.3 Å². The third-order valence-corrected chi connectivity index (χ3v) is 5.85. The van der Waals surface area contributed by atoms with Crippen LogP contribution in [0.15, 0.2) is 0 Å². The molecule has 1 saturated carbocycles. The van der Waals surface area contributed by atoms with Crippen LogP contribution in [0.2, 0.25) is 0 Å². The zero-order valence-electron chi connectivity index (χ0n) is 11.4. The SMILES string of the molecule is CCCC1CCN(S(=O)(=O)CCCNC2CC2)C1. The summed E-state index contributed by atoms with van der Waals surface area (Å²) in [5.74, 6) is 0.903. The average molecular weight is 274 g/mol. The van der Waals surface area contributed by atoms with Crippen molar-refractivity contribution >= 4 is 10.0 Å². The van der Waals surface area contributed by atoms with Crippen molar-refractivity contribution in [3.8, 4) is 0 Å². The lowest BCUT2D eigenvalue weighted by molar-refractivity contribution is 0.443. The van der Waals surface area contributed by atoms with E-state index < -0.39 is 10.0 Å². The highest BCUT2D eigenvalue weighted by Crippen LogP contribution is 2.23. The van der Waals surface area contributed by atoms with Crippen molar-refractivity contribution in [3.63, 3.8) is 0 Å². The van der Waals surface area contributed by atoms with Crippen LogP contribution in [0.3, 0.4) is 0 Å². The second kappa shape index (κ2) is 6.35. The molecular weight excluding hydrogens is 248 g/mol. The molecule has 106 valence electrons. The van der Waals surface area contributed by atoms with Crippen LogP contribution in [0.5, 0.6) is 0 Å². The van der Waals surface area contributed by atoms with Gasteiger partial charge in [0.25, 0.3) is 0 Å². The molecule has 1 unspecified atom stereocenters. The minimum Gasteiger partial charge on any atom is -0.314 e. The fourth-order valence-electron chi connectivity index (χ4n) is 2.67. The third-order valence-electron chi connectivity index (χ3n) is 3.93. The van der Waals surface area contributed by atoms with E-state index in [1.807, 2.05) is 0 Å². The normalized spacial score (nSPS) is 25.7. The van der Waals surface area contributed by atoms with E-state index in [1.54, 1.807) is 4.31 Å². The molecule has 0 radical (unpaired) electrons. The zero-order chi connectivity index (χ0) is 13.0. The number of sulfonamides is 1. The molecule has 1 aliphatic carbocycles. The molecule has 1 atom stereocenters. The summed E-state index contributed by atoms with van der Waals surface area (Å²) < 4.78 is 26.0. The van der Waals surface area contributed by atoms with Gasteiger partial charge in [0.2, 0.25) is 10.0 Å². The summed E-state index contributed by atoms with van der Waals surface area (Å²) in [6, 6.07) is 0.674. The third kappa shape index (κ3) is 4.21. The Morgan fingerprint density at radius 3 is 2.72 bits per heavy atom. The van der Waals surface area contributed by atoms with Crippen LogP contribution in [0, 0.1) is 5.92 Å². The number of nitrogens with one attached hydrogen (secondary N) is 1. The van der Waals surface area contributed by atoms with Crippen LogP contribution in [0.1, 0.15) is 45.4 Å². The van der Waals surface area contributed by atoms with Crippen molar-refractivity contribution in [2.24, 2.45) is 5.92 Å². The lowest BCUT2D eigenvalue weighted by Gasteiger charge is -2.16. The molecule has 0 aromatic heterocycles. The Hall–Kier alpha value is -0.130. The summed E-state index contributed by atoms with van der Waals surface area (Å²) in [6.07, 6.45) is 6.63. The van der Waals surface area contributed by atoms with Gasteiger partial charge in [0, 0.05) is 19.1 Å². The predicted octanol–water partition coefficient (Wildman–Crippen LogP) is 1.58. The molecule has 5 heteroatoms. The largest absolute Gasteiger partial charge is 0.314 e. The fourth-order valence-corrected chi connectivity index (χ4v) is 4.26. The van der Waals surface area contributed by atoms with E-state index in [0.29, 0.717) is 17.7 Å². The summed E-state index contributed by atoms with van der Waals surface area (Å²) in [5, 5.41) is 3.37. The maximum atomic E-state index is 12.1. The molecule has 1 heterocycles. The monoisotopic (exact) mass is 274 g/mol. The van der Waals surface area contributed by atoms with Gasteiger partial charge < -0.3 is 5.32 Å². The molecule has 0 amide bonds. The highest BCUT2D eigenvalue weighted by molar-refractivity contribution is 7.89. The maximum absolute atomic E-state index is 12.1. The van der Waals surface area contributed by atoms with Gasteiger partial charge in [-0.25, -0.2) is 12.7 Å². The van der Waals surface area contributed by atoms with Gasteiger partial charge >= 0.3 is 0 Å². The summed E-state index contributed by atoms with van der Waals surface area (Å²) >= 11 is 0. The van der Waals surface area contributed by atoms with E-state index >= 15 is 0 Å². The molecule has 2 rings (SSSR count). The molecule has 2 aliphatic rings. The van der Waals surface area contributed by atoms with E-state index in [0.717, 1.165) is 45.3 Å². The summed E-state index contributed by atoms with van der Waals surface area (Å²) in [5.41, 5.74) is 0.